The summed E-state index contributed by atoms with van der Waals surface area (Å²) in [5.41, 5.74) is 5.56. The molecule has 0 atom stereocenters. The fourth-order valence-electron chi connectivity index (χ4n) is 3.23. The van der Waals surface area contributed by atoms with Crippen molar-refractivity contribution in [2.45, 2.75) is 6.92 Å². The molecule has 2 N–H and O–H groups in total. The molecule has 2 heterocycles. The van der Waals surface area contributed by atoms with Crippen molar-refractivity contribution >= 4 is 86.5 Å². The van der Waals surface area contributed by atoms with E-state index in [4.69, 9.17) is 21.1 Å². The first-order valence-electron chi connectivity index (χ1n) is 10.4. The van der Waals surface area contributed by atoms with Gasteiger partial charge in [-0.05, 0) is 81.9 Å². The monoisotopic (exact) mass is 705 g/mol. The molecule has 3 aromatic rings. The van der Waals surface area contributed by atoms with Crippen LogP contribution < -0.4 is 20.4 Å². The number of hydrogen-bond acceptors (Lipinski definition) is 9. The van der Waals surface area contributed by atoms with Gasteiger partial charge >= 0.3 is 0 Å². The van der Waals surface area contributed by atoms with Gasteiger partial charge < -0.3 is 19.7 Å². The standard InChI is InChI=1S/C22H22ClI2N7O2/c1-13-3-4-16(11-17(13)23)27-20-28-21(30-22(29-20)32-5-7-34-8-6-32)31-26-12-14-9-15(24)10-18(25)19(14)33-2/h3-4,9-12H,5-8H2,1-2H3,(H2,27,28,29,30,31)/b26-12+. The highest BCUT2D eigenvalue weighted by molar-refractivity contribution is 14.1. The predicted octanol–water partition coefficient (Wildman–Crippen LogP) is 5.08. The van der Waals surface area contributed by atoms with E-state index in [1.54, 1.807) is 13.3 Å². The van der Waals surface area contributed by atoms with Crippen molar-refractivity contribution in [1.29, 1.82) is 0 Å². The number of nitrogens with zero attached hydrogens (tertiary/aromatic N) is 5. The molecule has 9 nitrogen and oxygen atoms in total. The maximum absolute atomic E-state index is 6.28. The molecule has 0 amide bonds. The Morgan fingerprint density at radius 2 is 1.88 bits per heavy atom. The molecule has 0 unspecified atom stereocenters. The zero-order chi connectivity index (χ0) is 24.1. The first-order valence-corrected chi connectivity index (χ1v) is 12.9. The van der Waals surface area contributed by atoms with E-state index >= 15 is 0 Å². The lowest BCUT2D eigenvalue weighted by molar-refractivity contribution is 0.122. The third-order valence-electron chi connectivity index (χ3n) is 4.95. The van der Waals surface area contributed by atoms with Gasteiger partial charge in [0, 0.05) is 32.9 Å². The zero-order valence-electron chi connectivity index (χ0n) is 18.5. The number of rotatable bonds is 7. The van der Waals surface area contributed by atoms with Gasteiger partial charge in [0.1, 0.15) is 5.75 Å². The van der Waals surface area contributed by atoms with E-state index in [9.17, 15) is 0 Å². The Kier molecular flexibility index (Phi) is 8.60. The maximum Gasteiger partial charge on any atom is 0.250 e. The Bertz CT molecular complexity index is 1210. The molecular weight excluding hydrogens is 684 g/mol. The van der Waals surface area contributed by atoms with Crippen LogP contribution in [0.4, 0.5) is 23.5 Å². The Balaban J connectivity index is 1.61. The van der Waals surface area contributed by atoms with Crippen molar-refractivity contribution in [2.75, 3.05) is 49.1 Å². The van der Waals surface area contributed by atoms with Gasteiger partial charge in [-0.2, -0.15) is 20.1 Å². The van der Waals surface area contributed by atoms with Crippen molar-refractivity contribution in [3.63, 3.8) is 0 Å². The van der Waals surface area contributed by atoms with E-state index in [1.165, 1.54) is 0 Å². The van der Waals surface area contributed by atoms with Crippen molar-refractivity contribution in [2.24, 2.45) is 5.10 Å². The summed E-state index contributed by atoms with van der Waals surface area (Å²) in [6.07, 6.45) is 1.69. The van der Waals surface area contributed by atoms with E-state index in [-0.39, 0.29) is 0 Å². The third-order valence-corrected chi connectivity index (χ3v) is 6.79. The second-order valence-corrected chi connectivity index (χ2v) is 10.2. The number of nitrogens with one attached hydrogen (secondary N) is 2. The summed E-state index contributed by atoms with van der Waals surface area (Å²) in [6.45, 7) is 4.58. The van der Waals surface area contributed by atoms with E-state index in [1.807, 2.05) is 37.3 Å². The van der Waals surface area contributed by atoms with Gasteiger partial charge in [-0.3, -0.25) is 0 Å². The van der Waals surface area contributed by atoms with Crippen LogP contribution in [-0.4, -0.2) is 54.6 Å². The molecule has 1 saturated heterocycles. The van der Waals surface area contributed by atoms with Gasteiger partial charge in [-0.25, -0.2) is 5.43 Å². The van der Waals surface area contributed by atoms with Crippen molar-refractivity contribution in [1.82, 2.24) is 15.0 Å². The van der Waals surface area contributed by atoms with E-state index in [0.717, 1.165) is 29.7 Å². The van der Waals surface area contributed by atoms with Crippen LogP contribution in [0, 0.1) is 14.1 Å². The molecule has 12 heteroatoms. The van der Waals surface area contributed by atoms with Crippen LogP contribution in [0.3, 0.4) is 0 Å². The van der Waals surface area contributed by atoms with E-state index in [0.29, 0.717) is 49.2 Å². The van der Waals surface area contributed by atoms with Crippen LogP contribution in [-0.2, 0) is 4.74 Å². The highest BCUT2D eigenvalue weighted by atomic mass is 127. The number of aryl methyl sites for hydroxylation is 1. The number of aromatic nitrogens is 3. The molecule has 0 radical (unpaired) electrons. The average Bonchev–Trinajstić information content (AvgIpc) is 2.82. The normalized spacial score (nSPS) is 13.9. The summed E-state index contributed by atoms with van der Waals surface area (Å²) in [6, 6.07) is 9.74. The average molecular weight is 706 g/mol. The summed E-state index contributed by atoms with van der Waals surface area (Å²) < 4.78 is 13.1. The minimum atomic E-state index is 0.313. The molecule has 178 valence electrons. The molecule has 1 aliphatic rings. The summed E-state index contributed by atoms with van der Waals surface area (Å²) in [4.78, 5) is 15.7. The van der Waals surface area contributed by atoms with Crippen LogP contribution in [0.5, 0.6) is 5.75 Å². The number of anilines is 4. The highest BCUT2D eigenvalue weighted by Crippen LogP contribution is 2.27. The minimum Gasteiger partial charge on any atom is -0.495 e. The largest absolute Gasteiger partial charge is 0.495 e. The Labute approximate surface area is 230 Å². The van der Waals surface area contributed by atoms with Gasteiger partial charge in [0.2, 0.25) is 17.8 Å². The van der Waals surface area contributed by atoms with Crippen LogP contribution in [0.2, 0.25) is 5.02 Å². The van der Waals surface area contributed by atoms with Crippen molar-refractivity contribution in [3.8, 4) is 5.75 Å². The molecule has 2 aromatic carbocycles. The molecule has 0 spiro atoms. The number of benzene rings is 2. The van der Waals surface area contributed by atoms with Gasteiger partial charge in [-0.1, -0.05) is 17.7 Å². The van der Waals surface area contributed by atoms with E-state index < -0.39 is 0 Å². The fraction of sp³-hybridized carbons (Fsp3) is 0.273. The molecule has 0 aliphatic carbocycles. The molecule has 4 rings (SSSR count). The Morgan fingerprint density at radius 1 is 1.12 bits per heavy atom. The first kappa shape index (κ1) is 25.1. The number of hydrogen-bond donors (Lipinski definition) is 2. The molecule has 0 bridgehead atoms. The van der Waals surface area contributed by atoms with Gasteiger partial charge in [0.15, 0.2) is 0 Å². The lowest BCUT2D eigenvalue weighted by Crippen LogP contribution is -2.37. The molecular formula is C22H22ClI2N7O2. The number of methoxy groups -OCH3 is 1. The maximum atomic E-state index is 6.28. The molecule has 1 aromatic heterocycles. The Morgan fingerprint density at radius 3 is 2.62 bits per heavy atom. The summed E-state index contributed by atoms with van der Waals surface area (Å²) in [5, 5.41) is 8.23. The fourth-order valence-corrected chi connectivity index (χ4v) is 5.52. The molecule has 0 saturated carbocycles. The summed E-state index contributed by atoms with van der Waals surface area (Å²) in [5.74, 6) is 2.00. The van der Waals surface area contributed by atoms with Crippen LogP contribution in [0.1, 0.15) is 11.1 Å². The second-order valence-electron chi connectivity index (χ2n) is 7.35. The van der Waals surface area contributed by atoms with Gasteiger partial charge in [-0.15, -0.1) is 0 Å². The number of hydrazone groups is 1. The quantitative estimate of drug-likeness (QED) is 0.200. The smallest absolute Gasteiger partial charge is 0.250 e. The summed E-state index contributed by atoms with van der Waals surface area (Å²) >= 11 is 10.8. The third kappa shape index (κ3) is 6.37. The zero-order valence-corrected chi connectivity index (χ0v) is 23.5. The van der Waals surface area contributed by atoms with Crippen molar-refractivity contribution < 1.29 is 9.47 Å². The molecule has 1 aliphatic heterocycles. The minimum absolute atomic E-state index is 0.313. The van der Waals surface area contributed by atoms with Crippen LogP contribution in [0.15, 0.2) is 35.4 Å². The SMILES string of the molecule is COc1c(I)cc(I)cc1/C=N/Nc1nc(Nc2ccc(C)c(Cl)c2)nc(N2CCOCC2)n1. The second kappa shape index (κ2) is 11.6. The first-order chi connectivity index (χ1) is 16.4. The Hall–Kier alpha value is -1.97. The molecule has 34 heavy (non-hydrogen) atoms. The number of morpholine rings is 1. The van der Waals surface area contributed by atoms with Crippen LogP contribution >= 0.6 is 56.8 Å². The number of ether oxygens (including phenoxy) is 2. The molecule has 1 fully saturated rings. The summed E-state index contributed by atoms with van der Waals surface area (Å²) in [7, 11) is 1.64. The van der Waals surface area contributed by atoms with E-state index in [2.05, 4.69) is 80.9 Å². The van der Waals surface area contributed by atoms with Crippen LogP contribution in [0.25, 0.3) is 0 Å². The van der Waals surface area contributed by atoms with Gasteiger partial charge in [0.05, 0.1) is 30.1 Å². The lowest BCUT2D eigenvalue weighted by atomic mass is 10.2. The lowest BCUT2D eigenvalue weighted by Gasteiger charge is -2.27. The predicted molar refractivity (Wildman–Crippen MR) is 152 cm³/mol. The number of halogens is 3. The highest BCUT2D eigenvalue weighted by Gasteiger charge is 2.17. The van der Waals surface area contributed by atoms with Gasteiger partial charge in [0.25, 0.3) is 0 Å². The topological polar surface area (TPSA) is 96.8 Å². The van der Waals surface area contributed by atoms with Crippen molar-refractivity contribution in [3.05, 3.63) is 53.6 Å².